The molecule has 0 radical (unpaired) electrons. The van der Waals surface area contributed by atoms with Gasteiger partial charge in [0.05, 0.1) is 11.4 Å². The van der Waals surface area contributed by atoms with Gasteiger partial charge >= 0.3 is 0 Å². The van der Waals surface area contributed by atoms with Gasteiger partial charge in [-0.05, 0) is 138 Å². The number of nitrogens with one attached hydrogen (secondary N) is 1. The van der Waals surface area contributed by atoms with Crippen LogP contribution in [0.4, 0.5) is 0 Å². The molecule has 2 heteroatoms. The molecule has 0 heterocycles. The summed E-state index contributed by atoms with van der Waals surface area (Å²) in [5.41, 5.74) is 23.1. The molecule has 370 valence electrons. The molecule has 75 heavy (non-hydrogen) atoms. The van der Waals surface area contributed by atoms with Gasteiger partial charge in [0.25, 0.3) is 0 Å². The van der Waals surface area contributed by atoms with Crippen molar-refractivity contribution in [2.45, 2.75) is 27.2 Å². The molecule has 0 aliphatic heterocycles. The monoisotopic (exact) mass is 973 g/mol. The lowest BCUT2D eigenvalue weighted by molar-refractivity contribution is 1.12. The molecule has 9 aromatic rings. The third-order valence-electron chi connectivity index (χ3n) is 13.2. The highest BCUT2D eigenvalue weighted by Gasteiger charge is 2.18. The Kier molecular flexibility index (Phi) is 19.3. The Bertz CT molecular complexity index is 3640. The standard InChI is InChI=1S/C56H48.C15H16N2.C2H4/c1-6-8-9-10-12-24-44-25-17-18-29-48(44)55(45-26-13-11-14-27-45)53-39-47(37-35-41(53)4)56-51-32-21-19-30-49(51)54(50-31-20-22-33-52(50)56)42(5)34-36-43(7-2)38-46-28-16-15-23-40(46)3;1-17-15(13-10-6-3-7-11-13)14(16)12-8-4-2-5-9-12;1-2/h6-37,39H,4-5,38H2,1-3H3;2-11,17H,16H2,1H3;1-2H2/b8-6+,10-9-,24-12-,36-34-,43-7+,55-53-;15-14-;. The minimum atomic E-state index is 0.763. The van der Waals surface area contributed by atoms with Crippen LogP contribution in [-0.2, 0) is 6.42 Å². The Morgan fingerprint density at radius 2 is 1.09 bits per heavy atom. The van der Waals surface area contributed by atoms with Crippen LogP contribution in [0.2, 0.25) is 0 Å². The van der Waals surface area contributed by atoms with Crippen molar-refractivity contribution in [1.29, 1.82) is 0 Å². The zero-order valence-electron chi connectivity index (χ0n) is 43.9. The lowest BCUT2D eigenvalue weighted by Gasteiger charge is -2.18. The van der Waals surface area contributed by atoms with Gasteiger partial charge in [-0.3, -0.25) is 0 Å². The second-order valence-corrected chi connectivity index (χ2v) is 17.9. The third kappa shape index (κ3) is 13.1. The van der Waals surface area contributed by atoms with Gasteiger partial charge in [0.15, 0.2) is 0 Å². The van der Waals surface area contributed by atoms with Gasteiger partial charge in [-0.15, -0.1) is 13.2 Å². The summed E-state index contributed by atoms with van der Waals surface area (Å²) in [4.78, 5) is 0. The van der Waals surface area contributed by atoms with Crippen LogP contribution in [0.1, 0.15) is 58.4 Å². The Morgan fingerprint density at radius 3 is 1.69 bits per heavy atom. The first-order valence-corrected chi connectivity index (χ1v) is 25.5. The van der Waals surface area contributed by atoms with E-state index in [0.29, 0.717) is 0 Å². The minimum absolute atomic E-state index is 0.763. The molecule has 0 unspecified atom stereocenters. The lowest BCUT2D eigenvalue weighted by Crippen LogP contribution is -2.27. The smallest absolute Gasteiger partial charge is 0.0651 e. The maximum Gasteiger partial charge on any atom is 0.0651 e. The molecule has 9 rings (SSSR count). The molecule has 0 aliphatic rings. The summed E-state index contributed by atoms with van der Waals surface area (Å²) in [5.74, 6) is 0. The molecule has 0 aliphatic carbocycles. The number of nitrogens with two attached hydrogens (primary N) is 1. The Hall–Kier alpha value is -9.24. The van der Waals surface area contributed by atoms with Crippen LogP contribution in [0.15, 0.2) is 280 Å². The van der Waals surface area contributed by atoms with Crippen LogP contribution in [0.25, 0.3) is 67.9 Å². The van der Waals surface area contributed by atoms with Crippen LogP contribution in [0.5, 0.6) is 0 Å². The van der Waals surface area contributed by atoms with Gasteiger partial charge < -0.3 is 11.1 Å². The summed E-state index contributed by atoms with van der Waals surface area (Å²) in [6.07, 6.45) is 20.0. The summed E-state index contributed by atoms with van der Waals surface area (Å²) >= 11 is 0. The van der Waals surface area contributed by atoms with Crippen LogP contribution >= 0.6 is 0 Å². The van der Waals surface area contributed by atoms with E-state index in [9.17, 15) is 0 Å². The second kappa shape index (κ2) is 27.0. The molecule has 0 bridgehead atoms. The van der Waals surface area contributed by atoms with E-state index in [1.165, 1.54) is 43.8 Å². The van der Waals surface area contributed by atoms with E-state index in [0.717, 1.165) is 78.3 Å². The molecule has 0 fully saturated rings. The average Bonchev–Trinajstić information content (AvgIpc) is 3.48. The van der Waals surface area contributed by atoms with Crippen molar-refractivity contribution in [2.24, 2.45) is 5.73 Å². The van der Waals surface area contributed by atoms with Crippen LogP contribution in [0, 0.1) is 6.92 Å². The van der Waals surface area contributed by atoms with Crippen LogP contribution < -0.4 is 21.5 Å². The number of hydrogen-bond donors (Lipinski definition) is 2. The fourth-order valence-electron chi connectivity index (χ4n) is 9.46. The number of benzene rings is 9. The maximum absolute atomic E-state index is 6.20. The van der Waals surface area contributed by atoms with E-state index < -0.39 is 0 Å². The van der Waals surface area contributed by atoms with Gasteiger partial charge in [0.2, 0.25) is 0 Å². The van der Waals surface area contributed by atoms with Crippen molar-refractivity contribution in [3.05, 3.63) is 335 Å². The fourth-order valence-corrected chi connectivity index (χ4v) is 9.46. The van der Waals surface area contributed by atoms with E-state index in [4.69, 9.17) is 5.73 Å². The Morgan fingerprint density at radius 1 is 0.560 bits per heavy atom. The summed E-state index contributed by atoms with van der Waals surface area (Å²) in [7, 11) is 1.89. The minimum Gasteiger partial charge on any atom is -0.397 e. The highest BCUT2D eigenvalue weighted by atomic mass is 14.9. The normalized spacial score (nSPS) is 12.3. The van der Waals surface area contributed by atoms with E-state index in [1.54, 1.807) is 0 Å². The first-order valence-electron chi connectivity index (χ1n) is 25.5. The summed E-state index contributed by atoms with van der Waals surface area (Å²) < 4.78 is 0. The summed E-state index contributed by atoms with van der Waals surface area (Å²) in [6, 6.07) is 72.4. The van der Waals surface area contributed by atoms with E-state index >= 15 is 0 Å². The highest BCUT2D eigenvalue weighted by molar-refractivity contribution is 6.19. The van der Waals surface area contributed by atoms with Crippen molar-refractivity contribution in [3.63, 3.8) is 0 Å². The van der Waals surface area contributed by atoms with Gasteiger partial charge in [0, 0.05) is 7.05 Å². The number of allylic oxidation sites excluding steroid dienone is 10. The van der Waals surface area contributed by atoms with Crippen molar-refractivity contribution < 1.29 is 0 Å². The molecule has 3 N–H and O–H groups in total. The van der Waals surface area contributed by atoms with Crippen molar-refractivity contribution in [3.8, 4) is 11.1 Å². The molecule has 0 saturated heterocycles. The summed E-state index contributed by atoms with van der Waals surface area (Å²) in [6.45, 7) is 21.6. The first-order chi connectivity index (χ1) is 36.8. The molecule has 0 atom stereocenters. The van der Waals surface area contributed by atoms with Gasteiger partial charge in [-0.2, -0.15) is 0 Å². The predicted molar refractivity (Wildman–Crippen MR) is 330 cm³/mol. The number of aryl methyl sites for hydroxylation is 1. The highest BCUT2D eigenvalue weighted by Crippen LogP contribution is 2.41. The van der Waals surface area contributed by atoms with Crippen molar-refractivity contribution in [1.82, 2.24) is 5.32 Å². The Labute approximate surface area is 446 Å². The largest absolute Gasteiger partial charge is 0.397 e. The molecule has 0 aromatic heterocycles. The van der Waals surface area contributed by atoms with Crippen LogP contribution in [0.3, 0.4) is 0 Å². The average molecular weight is 973 g/mol. The maximum atomic E-state index is 6.20. The lowest BCUT2D eigenvalue weighted by atomic mass is 9.85. The molecule has 9 aromatic carbocycles. The predicted octanol–water partition coefficient (Wildman–Crippen LogP) is 17.0. The molecule has 0 amide bonds. The molecule has 0 spiro atoms. The fraction of sp³-hybridized carbons (Fsp3) is 0.0685. The van der Waals surface area contributed by atoms with E-state index in [-0.39, 0.29) is 0 Å². The quantitative estimate of drug-likeness (QED) is 0.0493. The van der Waals surface area contributed by atoms with E-state index in [1.807, 2.05) is 86.8 Å². The van der Waals surface area contributed by atoms with Gasteiger partial charge in [-0.25, -0.2) is 0 Å². The number of hydrogen-bond acceptors (Lipinski definition) is 2. The number of fused-ring (bicyclic) bond motifs is 2. The van der Waals surface area contributed by atoms with Crippen LogP contribution in [-0.4, -0.2) is 7.05 Å². The summed E-state index contributed by atoms with van der Waals surface area (Å²) in [5, 5.41) is 10.0. The SMILES string of the molecule is C=C.C=C(/C=C\C(=C/C)Cc1ccccc1C)c1c2ccccc2c(-c2ccc(=C)/c(=C(/c3ccccc3)c3ccccc3\C=C/C=C\C=C\C)c2)c2ccccc12.CN/C(=C(\N)c1ccccc1)c1ccccc1. The van der Waals surface area contributed by atoms with E-state index in [2.05, 4.69) is 234 Å². The third-order valence-corrected chi connectivity index (χ3v) is 13.2. The van der Waals surface area contributed by atoms with Crippen molar-refractivity contribution >= 4 is 56.7 Å². The van der Waals surface area contributed by atoms with Gasteiger partial charge in [-0.1, -0.05) is 268 Å². The number of rotatable bonds is 14. The topological polar surface area (TPSA) is 38.0 Å². The zero-order chi connectivity index (χ0) is 52.9. The molecule has 2 nitrogen and oxygen atoms in total. The Balaban J connectivity index is 0.000000363. The molecule has 0 saturated carbocycles. The molecular formula is C73H68N2. The first kappa shape index (κ1) is 53.6. The molecular weight excluding hydrogens is 905 g/mol. The second-order valence-electron chi connectivity index (χ2n) is 17.9. The van der Waals surface area contributed by atoms with Crippen molar-refractivity contribution in [2.75, 3.05) is 7.05 Å². The van der Waals surface area contributed by atoms with Gasteiger partial charge in [0.1, 0.15) is 0 Å². The zero-order valence-corrected chi connectivity index (χ0v) is 43.9.